The van der Waals surface area contributed by atoms with Gasteiger partial charge in [0.05, 0.1) is 6.61 Å². The van der Waals surface area contributed by atoms with E-state index in [0.717, 1.165) is 45.0 Å². The Morgan fingerprint density at radius 1 is 1.26 bits per heavy atom. The molecule has 1 atom stereocenters. The summed E-state index contributed by atoms with van der Waals surface area (Å²) in [5.41, 5.74) is 3.85. The van der Waals surface area contributed by atoms with Gasteiger partial charge in [-0.1, -0.05) is 12.1 Å². The second kappa shape index (κ2) is 9.49. The first-order valence-corrected chi connectivity index (χ1v) is 10.7. The fourth-order valence-corrected chi connectivity index (χ4v) is 4.58. The molecule has 146 valence electrons. The average Bonchev–Trinajstić information content (AvgIpc) is 3.30. The zero-order valence-corrected chi connectivity index (χ0v) is 17.2. The maximum atomic E-state index is 11.2. The number of hydrogen-bond donors (Lipinski definition) is 1. The molecule has 1 fully saturated rings. The van der Waals surface area contributed by atoms with Crippen LogP contribution in [0.5, 0.6) is 0 Å². The molecule has 1 aliphatic rings. The fraction of sp³-hybridized carbons (Fsp3) is 0.500. The van der Waals surface area contributed by atoms with Crippen LogP contribution in [0.25, 0.3) is 0 Å². The summed E-state index contributed by atoms with van der Waals surface area (Å²) in [6.45, 7) is 8.40. The van der Waals surface area contributed by atoms with E-state index in [4.69, 9.17) is 4.74 Å². The van der Waals surface area contributed by atoms with Gasteiger partial charge in [0.25, 0.3) is 0 Å². The lowest BCUT2D eigenvalue weighted by molar-refractivity contribution is -0.114. The third kappa shape index (κ3) is 5.89. The number of likely N-dealkylation sites (tertiary alicyclic amines) is 1. The third-order valence-electron chi connectivity index (χ3n) is 5.33. The van der Waals surface area contributed by atoms with Gasteiger partial charge in [0.1, 0.15) is 0 Å². The highest BCUT2D eigenvalue weighted by molar-refractivity contribution is 7.07. The summed E-state index contributed by atoms with van der Waals surface area (Å²) in [5.74, 6) is -0.0337. The van der Waals surface area contributed by atoms with Crippen LogP contribution in [0.2, 0.25) is 0 Å². The Hall–Kier alpha value is -1.69. The van der Waals surface area contributed by atoms with E-state index in [1.807, 2.05) is 12.1 Å². The van der Waals surface area contributed by atoms with Gasteiger partial charge in [-0.15, -0.1) is 0 Å². The van der Waals surface area contributed by atoms with Crippen molar-refractivity contribution in [3.8, 4) is 0 Å². The van der Waals surface area contributed by atoms with Crippen molar-refractivity contribution in [2.24, 2.45) is 5.41 Å². The molecule has 1 amide bonds. The number of carbonyl (C=O) groups excluding carboxylic acids is 1. The summed E-state index contributed by atoms with van der Waals surface area (Å²) in [6, 6.07) is 10.4. The van der Waals surface area contributed by atoms with Crippen LogP contribution in [-0.2, 0) is 22.5 Å². The number of hydrogen-bond acceptors (Lipinski definition) is 4. The van der Waals surface area contributed by atoms with Crippen molar-refractivity contribution in [3.63, 3.8) is 0 Å². The van der Waals surface area contributed by atoms with E-state index in [1.165, 1.54) is 30.9 Å². The smallest absolute Gasteiger partial charge is 0.221 e. The van der Waals surface area contributed by atoms with Crippen molar-refractivity contribution in [3.05, 3.63) is 52.2 Å². The van der Waals surface area contributed by atoms with Gasteiger partial charge in [0, 0.05) is 37.7 Å². The quantitative estimate of drug-likeness (QED) is 0.686. The highest BCUT2D eigenvalue weighted by atomic mass is 32.1. The normalized spacial score (nSPS) is 20.1. The number of aryl methyl sites for hydroxylation is 1. The first-order valence-electron chi connectivity index (χ1n) is 9.76. The summed E-state index contributed by atoms with van der Waals surface area (Å²) in [6.07, 6.45) is 3.51. The van der Waals surface area contributed by atoms with Crippen molar-refractivity contribution in [2.45, 2.75) is 39.7 Å². The maximum Gasteiger partial charge on any atom is 0.221 e. The number of carbonyl (C=O) groups is 1. The molecule has 2 aromatic rings. The molecule has 1 aromatic heterocycles. The van der Waals surface area contributed by atoms with Gasteiger partial charge in [-0.05, 0) is 72.8 Å². The van der Waals surface area contributed by atoms with Crippen LogP contribution in [0, 0.1) is 5.41 Å². The van der Waals surface area contributed by atoms with Crippen molar-refractivity contribution < 1.29 is 9.53 Å². The number of benzene rings is 1. The Bertz CT molecular complexity index is 714. The highest BCUT2D eigenvalue weighted by Gasteiger charge is 2.37. The van der Waals surface area contributed by atoms with E-state index >= 15 is 0 Å². The number of nitrogens with one attached hydrogen (secondary N) is 1. The second-order valence-electron chi connectivity index (χ2n) is 7.61. The molecule has 1 aliphatic heterocycles. The molecule has 5 heteroatoms. The second-order valence-corrected chi connectivity index (χ2v) is 8.39. The molecule has 1 saturated heterocycles. The zero-order valence-electron chi connectivity index (χ0n) is 16.4. The molecule has 0 spiro atoms. The highest BCUT2D eigenvalue weighted by Crippen LogP contribution is 2.36. The van der Waals surface area contributed by atoms with Crippen molar-refractivity contribution >= 4 is 22.9 Å². The Labute approximate surface area is 166 Å². The van der Waals surface area contributed by atoms with Gasteiger partial charge in [0.2, 0.25) is 5.91 Å². The largest absolute Gasteiger partial charge is 0.381 e. The van der Waals surface area contributed by atoms with Gasteiger partial charge >= 0.3 is 0 Å². The maximum absolute atomic E-state index is 11.2. The van der Waals surface area contributed by atoms with E-state index in [9.17, 15) is 4.79 Å². The van der Waals surface area contributed by atoms with Crippen molar-refractivity contribution in [1.29, 1.82) is 0 Å². The topological polar surface area (TPSA) is 41.6 Å². The molecule has 0 aliphatic carbocycles. The van der Waals surface area contributed by atoms with Crippen LogP contribution < -0.4 is 5.32 Å². The molecule has 0 bridgehead atoms. The molecule has 1 N–H and O–H groups in total. The number of ether oxygens (including phenoxy) is 1. The van der Waals surface area contributed by atoms with E-state index < -0.39 is 0 Å². The van der Waals surface area contributed by atoms with Gasteiger partial charge in [0.15, 0.2) is 0 Å². The number of nitrogens with zero attached hydrogens (tertiary/aromatic N) is 1. The first kappa shape index (κ1) is 20.1. The van der Waals surface area contributed by atoms with E-state index in [2.05, 4.69) is 46.1 Å². The summed E-state index contributed by atoms with van der Waals surface area (Å²) in [7, 11) is 0. The predicted octanol–water partition coefficient (Wildman–Crippen LogP) is 4.57. The Balaban J connectivity index is 1.58. The molecular formula is C22H30N2O2S. The van der Waals surface area contributed by atoms with Gasteiger partial charge < -0.3 is 10.1 Å². The van der Waals surface area contributed by atoms with Gasteiger partial charge in [-0.3, -0.25) is 9.69 Å². The van der Waals surface area contributed by atoms with Crippen LogP contribution in [0.1, 0.15) is 37.8 Å². The summed E-state index contributed by atoms with van der Waals surface area (Å²) >= 11 is 1.78. The lowest BCUT2D eigenvalue weighted by atomic mass is 9.82. The summed E-state index contributed by atoms with van der Waals surface area (Å²) in [4.78, 5) is 13.7. The number of thiophene rings is 1. The molecule has 0 radical (unpaired) electrons. The summed E-state index contributed by atoms with van der Waals surface area (Å²) < 4.78 is 5.88. The molecule has 0 saturated carbocycles. The van der Waals surface area contributed by atoms with Gasteiger partial charge in [-0.25, -0.2) is 0 Å². The van der Waals surface area contributed by atoms with Crippen LogP contribution in [0.4, 0.5) is 5.69 Å². The van der Waals surface area contributed by atoms with E-state index in [-0.39, 0.29) is 11.3 Å². The third-order valence-corrected chi connectivity index (χ3v) is 6.07. The van der Waals surface area contributed by atoms with E-state index in [0.29, 0.717) is 0 Å². The Morgan fingerprint density at radius 3 is 2.74 bits per heavy atom. The summed E-state index contributed by atoms with van der Waals surface area (Å²) in [5, 5.41) is 7.25. The first-order chi connectivity index (χ1) is 13.1. The average molecular weight is 387 g/mol. The monoisotopic (exact) mass is 386 g/mol. The Kier molecular flexibility index (Phi) is 7.05. The Morgan fingerprint density at radius 2 is 2.07 bits per heavy atom. The predicted molar refractivity (Wildman–Crippen MR) is 112 cm³/mol. The molecule has 1 aromatic carbocycles. The molecule has 2 heterocycles. The molecular weight excluding hydrogens is 356 g/mol. The lowest BCUT2D eigenvalue weighted by Crippen LogP contribution is -2.32. The molecule has 1 unspecified atom stereocenters. The standard InChI is InChI=1S/C22H30N2O2S/c1-3-26-17-22(10-8-20-9-13-27-15-20)11-12-24(16-22)14-19-4-6-21(7-5-19)23-18(2)25/h4-7,9,13,15H,3,8,10-12,14,16-17H2,1-2H3,(H,23,25). The number of anilines is 1. The fourth-order valence-electron chi connectivity index (χ4n) is 3.87. The minimum absolute atomic E-state index is 0.0337. The van der Waals surface area contributed by atoms with Crippen LogP contribution >= 0.6 is 11.3 Å². The number of rotatable bonds is 9. The zero-order chi connectivity index (χ0) is 19.1. The number of amides is 1. The van der Waals surface area contributed by atoms with Crippen molar-refractivity contribution in [2.75, 3.05) is 31.6 Å². The van der Waals surface area contributed by atoms with Crippen LogP contribution in [0.15, 0.2) is 41.1 Å². The minimum Gasteiger partial charge on any atom is -0.381 e. The lowest BCUT2D eigenvalue weighted by Gasteiger charge is -2.29. The van der Waals surface area contributed by atoms with Crippen molar-refractivity contribution in [1.82, 2.24) is 4.90 Å². The SMILES string of the molecule is CCOCC1(CCc2ccsc2)CCN(Cc2ccc(NC(C)=O)cc2)C1. The molecule has 27 heavy (non-hydrogen) atoms. The molecule has 4 nitrogen and oxygen atoms in total. The molecule has 3 rings (SSSR count). The van der Waals surface area contributed by atoms with Gasteiger partial charge in [-0.2, -0.15) is 11.3 Å². The van der Waals surface area contributed by atoms with Crippen LogP contribution in [-0.4, -0.2) is 37.1 Å². The van der Waals surface area contributed by atoms with E-state index in [1.54, 1.807) is 11.3 Å². The minimum atomic E-state index is -0.0337. The van der Waals surface area contributed by atoms with Crippen LogP contribution in [0.3, 0.4) is 0 Å².